The van der Waals surface area contributed by atoms with Gasteiger partial charge in [0.05, 0.1) is 11.4 Å². The smallest absolute Gasteiger partial charge is 0.256 e. The molecule has 0 aliphatic carbocycles. The van der Waals surface area contributed by atoms with Crippen LogP contribution in [-0.2, 0) is 6.42 Å². The van der Waals surface area contributed by atoms with Gasteiger partial charge in [-0.2, -0.15) is 0 Å². The highest BCUT2D eigenvalue weighted by Crippen LogP contribution is 2.52. The molecule has 11 aromatic rings. The molecule has 0 fully saturated rings. The van der Waals surface area contributed by atoms with Crippen LogP contribution in [0.25, 0.3) is 0 Å². The van der Waals surface area contributed by atoms with Crippen LogP contribution in [0.15, 0.2) is 261 Å². The second-order valence-electron chi connectivity index (χ2n) is 20.7. The van der Waals surface area contributed by atoms with Crippen molar-refractivity contribution in [1.82, 2.24) is 0 Å². The Bertz CT molecular complexity index is 4010. The Morgan fingerprint density at radius 2 is 0.792 bits per heavy atom. The maximum Gasteiger partial charge on any atom is 0.256 e. The maximum absolute atomic E-state index is 7.17. The molecule has 6 nitrogen and oxygen atoms in total. The highest BCUT2D eigenvalue weighted by Gasteiger charge is 2.50. The van der Waals surface area contributed by atoms with E-state index in [1.165, 1.54) is 72.5 Å². The van der Waals surface area contributed by atoms with Crippen LogP contribution < -0.4 is 62.0 Å². The summed E-state index contributed by atoms with van der Waals surface area (Å²) in [6.45, 7) is 0.743. The Morgan fingerprint density at radius 1 is 0.338 bits per heavy atom. The summed E-state index contributed by atoms with van der Waals surface area (Å²) >= 11 is 0. The molecule has 0 amide bonds. The van der Waals surface area contributed by atoms with Crippen LogP contribution in [0.3, 0.4) is 0 Å². The van der Waals surface area contributed by atoms with Crippen molar-refractivity contribution < 1.29 is 4.74 Å². The molecule has 0 N–H and O–H groups in total. The molecule has 77 heavy (non-hydrogen) atoms. The molecule has 0 atom stereocenters. The van der Waals surface area contributed by atoms with Gasteiger partial charge in [-0.25, -0.2) is 0 Å². The Labute approximate surface area is 450 Å². The first-order chi connectivity index (χ1) is 38.2. The fraction of sp³-hybridized carbons (Fsp3) is 0.0435. The minimum Gasteiger partial charge on any atom is -0.458 e. The Kier molecular flexibility index (Phi) is 9.92. The molecule has 5 aliphatic heterocycles. The predicted molar refractivity (Wildman–Crippen MR) is 323 cm³/mol. The molecule has 5 heterocycles. The van der Waals surface area contributed by atoms with E-state index in [-0.39, 0.29) is 13.4 Å². The summed E-state index contributed by atoms with van der Waals surface area (Å²) in [5.41, 5.74) is 25.2. The van der Waals surface area contributed by atoms with Crippen LogP contribution >= 0.6 is 0 Å². The standard InChI is InChI=1S/C69H49B2N5O/c1-7-24-47(25-8-1)73(48-26-9-2-10-27-48)53-43-62-66-63(44-53)76(52-34-17-6-18-35-52)69-55-36-23-41-72-61-42-54(74(49-28-11-3-12-29-49)50-30-13-4-14-31-50)45-65-67(61)71(57-38-20-22-40-64(57)77-65)58(68(55)72)46-59(69)70(66)56-37-19-21-39-60(56)75(62)51-32-15-5-16-33-51/h1-22,24-35,37-40,42-46H,23,36,41H2. The predicted octanol–water partition coefficient (Wildman–Crippen LogP) is 13.7. The van der Waals surface area contributed by atoms with Crippen LogP contribution in [0.4, 0.5) is 79.6 Å². The lowest BCUT2D eigenvalue weighted by molar-refractivity contribution is 0.487. The van der Waals surface area contributed by atoms with Crippen molar-refractivity contribution in [3.63, 3.8) is 0 Å². The molecule has 5 aliphatic rings. The molecule has 0 aromatic heterocycles. The summed E-state index contributed by atoms with van der Waals surface area (Å²) in [5.74, 6) is 1.81. The topological polar surface area (TPSA) is 25.4 Å². The number of hydrogen-bond acceptors (Lipinski definition) is 6. The van der Waals surface area contributed by atoms with Gasteiger partial charge in [0.2, 0.25) is 0 Å². The number of benzene rings is 11. The second kappa shape index (κ2) is 17.5. The van der Waals surface area contributed by atoms with E-state index in [9.17, 15) is 0 Å². The normalized spacial score (nSPS) is 13.8. The lowest BCUT2D eigenvalue weighted by atomic mass is 9.30. The number of rotatable bonds is 8. The van der Waals surface area contributed by atoms with Gasteiger partial charge in [-0.05, 0) is 154 Å². The van der Waals surface area contributed by atoms with Crippen molar-refractivity contribution in [2.24, 2.45) is 0 Å². The third-order valence-corrected chi connectivity index (χ3v) is 16.5. The summed E-state index contributed by atoms with van der Waals surface area (Å²) in [6.07, 6.45) is 1.93. The average Bonchev–Trinajstić information content (AvgIpc) is 3.50. The monoisotopic (exact) mass is 985 g/mol. The van der Waals surface area contributed by atoms with E-state index in [1.807, 2.05) is 0 Å². The van der Waals surface area contributed by atoms with E-state index < -0.39 is 0 Å². The molecule has 16 rings (SSSR count). The maximum atomic E-state index is 7.17. The van der Waals surface area contributed by atoms with Gasteiger partial charge in [-0.15, -0.1) is 0 Å². The van der Waals surface area contributed by atoms with Crippen molar-refractivity contribution in [2.45, 2.75) is 12.8 Å². The van der Waals surface area contributed by atoms with E-state index in [1.54, 1.807) is 0 Å². The van der Waals surface area contributed by atoms with E-state index in [0.29, 0.717) is 0 Å². The second-order valence-corrected chi connectivity index (χ2v) is 20.7. The number of nitrogens with zero attached hydrogens (tertiary/aromatic N) is 5. The Balaban J connectivity index is 1.00. The van der Waals surface area contributed by atoms with Gasteiger partial charge in [0, 0.05) is 80.9 Å². The van der Waals surface area contributed by atoms with Gasteiger partial charge in [0.25, 0.3) is 13.4 Å². The lowest BCUT2D eigenvalue weighted by Crippen LogP contribution is -2.65. The number of anilines is 14. The van der Waals surface area contributed by atoms with Crippen LogP contribution in [-0.4, -0.2) is 20.0 Å². The lowest BCUT2D eigenvalue weighted by Gasteiger charge is -2.49. The number of fused-ring (bicyclic) bond motifs is 9. The Hall–Kier alpha value is -9.65. The van der Waals surface area contributed by atoms with Crippen molar-refractivity contribution >= 4 is 126 Å². The number of ether oxygens (including phenoxy) is 1. The van der Waals surface area contributed by atoms with Gasteiger partial charge in [-0.3, -0.25) is 0 Å². The summed E-state index contributed by atoms with van der Waals surface area (Å²) < 4.78 is 7.17. The minimum atomic E-state index is -0.0809. The van der Waals surface area contributed by atoms with E-state index in [2.05, 4.69) is 285 Å². The first-order valence-electron chi connectivity index (χ1n) is 26.9. The largest absolute Gasteiger partial charge is 0.458 e. The Morgan fingerprint density at radius 3 is 1.39 bits per heavy atom. The zero-order valence-electron chi connectivity index (χ0n) is 42.2. The molecule has 11 aromatic carbocycles. The van der Waals surface area contributed by atoms with Crippen LogP contribution in [0, 0.1) is 0 Å². The van der Waals surface area contributed by atoms with Gasteiger partial charge in [-0.1, -0.05) is 152 Å². The van der Waals surface area contributed by atoms with E-state index in [0.717, 1.165) is 76.4 Å². The van der Waals surface area contributed by atoms with Crippen molar-refractivity contribution in [2.75, 3.05) is 31.0 Å². The SMILES string of the molecule is c1ccc(N(c2ccccc2)c2cc3c4c(c2)N2CCCc5c2c(cc2c5N(c5ccccc5)c5cc(N(c6ccccc6)c6ccccc6)cc6c5B2c2ccccc2N6c2ccccc2)B4c2ccccc2O3)cc1. The van der Waals surface area contributed by atoms with Gasteiger partial charge >= 0.3 is 0 Å². The van der Waals surface area contributed by atoms with Gasteiger partial charge in [0.1, 0.15) is 11.5 Å². The third kappa shape index (κ3) is 6.71. The molecule has 0 bridgehead atoms. The van der Waals surface area contributed by atoms with Crippen molar-refractivity contribution in [3.8, 4) is 11.5 Å². The molecule has 0 spiro atoms. The molecular weight excluding hydrogens is 936 g/mol. The molecule has 0 saturated heterocycles. The van der Waals surface area contributed by atoms with E-state index in [4.69, 9.17) is 4.74 Å². The van der Waals surface area contributed by atoms with Crippen LogP contribution in [0.2, 0.25) is 0 Å². The zero-order valence-corrected chi connectivity index (χ0v) is 42.2. The summed E-state index contributed by atoms with van der Waals surface area (Å²) in [6, 6.07) is 95.5. The highest BCUT2D eigenvalue weighted by atomic mass is 16.5. The fourth-order valence-electron chi connectivity index (χ4n) is 13.5. The van der Waals surface area contributed by atoms with Crippen molar-refractivity contribution in [1.29, 1.82) is 0 Å². The van der Waals surface area contributed by atoms with Crippen LogP contribution in [0.5, 0.6) is 11.5 Å². The molecular formula is C69H49B2N5O. The number of para-hydroxylation sites is 8. The first-order valence-corrected chi connectivity index (χ1v) is 26.9. The summed E-state index contributed by atoms with van der Waals surface area (Å²) in [7, 11) is 0. The fourth-order valence-corrected chi connectivity index (χ4v) is 13.5. The average molecular weight is 986 g/mol. The molecule has 0 saturated carbocycles. The van der Waals surface area contributed by atoms with Gasteiger partial charge < -0.3 is 29.2 Å². The van der Waals surface area contributed by atoms with Gasteiger partial charge in [0.15, 0.2) is 0 Å². The molecule has 8 heteroatoms. The number of hydrogen-bond donors (Lipinski definition) is 0. The van der Waals surface area contributed by atoms with Crippen LogP contribution in [0.1, 0.15) is 12.0 Å². The summed E-state index contributed by atoms with van der Waals surface area (Å²) in [4.78, 5) is 12.6. The molecule has 0 radical (unpaired) electrons. The third-order valence-electron chi connectivity index (χ3n) is 16.5. The highest BCUT2D eigenvalue weighted by molar-refractivity contribution is 7.02. The molecule has 362 valence electrons. The zero-order chi connectivity index (χ0) is 50.6. The first kappa shape index (κ1) is 43.7. The van der Waals surface area contributed by atoms with E-state index >= 15 is 0 Å². The minimum absolute atomic E-state index is 0.0623. The quantitative estimate of drug-likeness (QED) is 0.141. The van der Waals surface area contributed by atoms with Crippen molar-refractivity contribution in [3.05, 3.63) is 266 Å². The summed E-state index contributed by atoms with van der Waals surface area (Å²) in [5, 5.41) is 0. The molecule has 0 unspecified atom stereocenters.